The van der Waals surface area contributed by atoms with Gasteiger partial charge in [0.05, 0.1) is 13.2 Å². The summed E-state index contributed by atoms with van der Waals surface area (Å²) in [6.45, 7) is 5.68. The zero-order valence-corrected chi connectivity index (χ0v) is 12.8. The summed E-state index contributed by atoms with van der Waals surface area (Å²) in [5.74, 6) is 6.29. The average molecular weight is 288 g/mol. The van der Waals surface area contributed by atoms with Crippen molar-refractivity contribution in [2.24, 2.45) is 5.84 Å². The van der Waals surface area contributed by atoms with Crippen LogP contribution >= 0.6 is 0 Å². The topological polar surface area (TPSA) is 47.3 Å². The van der Waals surface area contributed by atoms with Crippen molar-refractivity contribution < 1.29 is 9.13 Å². The van der Waals surface area contributed by atoms with Crippen LogP contribution in [0.5, 0.6) is 5.75 Å². The second-order valence-electron chi connectivity index (χ2n) is 5.26. The summed E-state index contributed by atoms with van der Waals surface area (Å²) in [4.78, 5) is 0. The van der Waals surface area contributed by atoms with E-state index >= 15 is 0 Å². The van der Waals surface area contributed by atoms with Gasteiger partial charge in [-0.05, 0) is 49.1 Å². The van der Waals surface area contributed by atoms with Crippen LogP contribution in [0, 0.1) is 26.6 Å². The number of nitrogens with two attached hydrogens (primary N) is 1. The zero-order chi connectivity index (χ0) is 15.6. The quantitative estimate of drug-likeness (QED) is 0.670. The Morgan fingerprint density at radius 3 is 2.38 bits per heavy atom. The normalized spacial score (nSPS) is 12.3. The van der Waals surface area contributed by atoms with Gasteiger partial charge in [-0.2, -0.15) is 0 Å². The molecular weight excluding hydrogens is 267 g/mol. The first kappa shape index (κ1) is 15.5. The summed E-state index contributed by atoms with van der Waals surface area (Å²) in [5.41, 5.74) is 6.82. The highest BCUT2D eigenvalue weighted by Gasteiger charge is 2.20. The third kappa shape index (κ3) is 2.91. The molecule has 21 heavy (non-hydrogen) atoms. The molecule has 3 nitrogen and oxygen atoms in total. The summed E-state index contributed by atoms with van der Waals surface area (Å²) in [6, 6.07) is 8.88. The number of hydrogen-bond acceptors (Lipinski definition) is 3. The van der Waals surface area contributed by atoms with Crippen molar-refractivity contribution in [2.45, 2.75) is 26.8 Å². The molecule has 2 rings (SSSR count). The van der Waals surface area contributed by atoms with E-state index in [1.165, 1.54) is 0 Å². The van der Waals surface area contributed by atoms with Gasteiger partial charge in [0.15, 0.2) is 0 Å². The Hall–Kier alpha value is -1.91. The Bertz CT molecular complexity index is 655. The molecule has 4 heteroatoms. The molecule has 0 aliphatic rings. The molecule has 2 aromatic rings. The summed E-state index contributed by atoms with van der Waals surface area (Å²) in [7, 11) is 1.64. The fraction of sp³-hybridized carbons (Fsp3) is 0.294. The number of aryl methyl sites for hydroxylation is 3. The number of hydrogen-bond donors (Lipinski definition) is 2. The first-order valence-electron chi connectivity index (χ1n) is 6.85. The Balaban J connectivity index is 2.57. The molecule has 0 amide bonds. The fourth-order valence-electron chi connectivity index (χ4n) is 2.58. The van der Waals surface area contributed by atoms with Gasteiger partial charge in [-0.25, -0.2) is 9.82 Å². The lowest BCUT2D eigenvalue weighted by atomic mass is 9.92. The van der Waals surface area contributed by atoms with Crippen LogP contribution in [0.3, 0.4) is 0 Å². The molecule has 0 saturated carbocycles. The van der Waals surface area contributed by atoms with Crippen molar-refractivity contribution in [2.75, 3.05) is 7.11 Å². The highest BCUT2D eigenvalue weighted by molar-refractivity contribution is 5.46. The number of rotatable bonds is 4. The summed E-state index contributed by atoms with van der Waals surface area (Å²) >= 11 is 0. The van der Waals surface area contributed by atoms with Crippen molar-refractivity contribution in [3.8, 4) is 5.75 Å². The van der Waals surface area contributed by atoms with Gasteiger partial charge >= 0.3 is 0 Å². The molecule has 0 spiro atoms. The number of methoxy groups -OCH3 is 1. The van der Waals surface area contributed by atoms with Gasteiger partial charge < -0.3 is 4.74 Å². The fourth-order valence-corrected chi connectivity index (χ4v) is 2.58. The molecule has 112 valence electrons. The second kappa shape index (κ2) is 6.24. The van der Waals surface area contributed by atoms with Crippen LogP contribution in [0.2, 0.25) is 0 Å². The second-order valence-corrected chi connectivity index (χ2v) is 5.26. The van der Waals surface area contributed by atoms with Crippen LogP contribution in [0.4, 0.5) is 4.39 Å². The predicted octanol–water partition coefficient (Wildman–Crippen LogP) is 3.31. The van der Waals surface area contributed by atoms with Gasteiger partial charge in [0.25, 0.3) is 0 Å². The maximum atomic E-state index is 14.4. The lowest BCUT2D eigenvalue weighted by Gasteiger charge is -2.22. The molecule has 0 radical (unpaired) electrons. The minimum Gasteiger partial charge on any atom is -0.496 e. The molecule has 1 atom stereocenters. The number of halogens is 1. The highest BCUT2D eigenvalue weighted by Crippen LogP contribution is 2.31. The molecule has 0 aliphatic carbocycles. The minimum absolute atomic E-state index is 0.228. The Morgan fingerprint density at radius 2 is 1.76 bits per heavy atom. The van der Waals surface area contributed by atoms with Crippen LogP contribution < -0.4 is 16.0 Å². The van der Waals surface area contributed by atoms with Crippen LogP contribution in [-0.2, 0) is 0 Å². The highest BCUT2D eigenvalue weighted by atomic mass is 19.1. The Labute approximate surface area is 124 Å². The van der Waals surface area contributed by atoms with E-state index in [1.807, 2.05) is 32.0 Å². The lowest BCUT2D eigenvalue weighted by Crippen LogP contribution is -2.30. The van der Waals surface area contributed by atoms with Crippen LogP contribution in [0.1, 0.15) is 33.9 Å². The summed E-state index contributed by atoms with van der Waals surface area (Å²) in [6.07, 6.45) is 0. The molecule has 0 saturated heterocycles. The molecule has 0 bridgehead atoms. The van der Waals surface area contributed by atoms with E-state index in [4.69, 9.17) is 10.6 Å². The third-order valence-electron chi connectivity index (χ3n) is 3.79. The average Bonchev–Trinajstić information content (AvgIpc) is 2.47. The molecular formula is C17H21FN2O. The molecule has 0 aromatic heterocycles. The van der Waals surface area contributed by atoms with Crippen LogP contribution in [-0.4, -0.2) is 7.11 Å². The lowest BCUT2D eigenvalue weighted by molar-refractivity contribution is 0.411. The Morgan fingerprint density at radius 1 is 1.05 bits per heavy atom. The maximum absolute atomic E-state index is 14.4. The van der Waals surface area contributed by atoms with E-state index < -0.39 is 6.04 Å². The van der Waals surface area contributed by atoms with E-state index in [0.29, 0.717) is 11.1 Å². The van der Waals surface area contributed by atoms with E-state index in [9.17, 15) is 4.39 Å². The van der Waals surface area contributed by atoms with Crippen molar-refractivity contribution >= 4 is 0 Å². The smallest absolute Gasteiger partial charge is 0.131 e. The zero-order valence-electron chi connectivity index (χ0n) is 12.8. The van der Waals surface area contributed by atoms with E-state index in [-0.39, 0.29) is 5.82 Å². The molecule has 3 N–H and O–H groups in total. The largest absolute Gasteiger partial charge is 0.496 e. The summed E-state index contributed by atoms with van der Waals surface area (Å²) in [5, 5.41) is 0. The van der Waals surface area contributed by atoms with Crippen molar-refractivity contribution in [3.63, 3.8) is 0 Å². The van der Waals surface area contributed by atoms with Gasteiger partial charge in [0, 0.05) is 5.56 Å². The predicted molar refractivity (Wildman–Crippen MR) is 82.8 cm³/mol. The number of ether oxygens (including phenoxy) is 1. The minimum atomic E-state index is -0.394. The van der Waals surface area contributed by atoms with Gasteiger partial charge in [0.1, 0.15) is 11.6 Å². The monoisotopic (exact) mass is 288 g/mol. The van der Waals surface area contributed by atoms with Crippen molar-refractivity contribution in [1.82, 2.24) is 5.43 Å². The number of hydrazine groups is 1. The van der Waals surface area contributed by atoms with E-state index in [0.717, 1.165) is 22.4 Å². The molecule has 1 unspecified atom stereocenters. The first-order valence-corrected chi connectivity index (χ1v) is 6.85. The van der Waals surface area contributed by atoms with E-state index in [1.54, 1.807) is 26.2 Å². The standard InChI is InChI=1S/C17H21FN2O/c1-10-6-5-7-13(16(10)18)17(20-19)14-8-12(3)15(21-4)9-11(14)2/h5-9,17,20H,19H2,1-4H3. The molecule has 0 fully saturated rings. The first-order chi connectivity index (χ1) is 9.99. The van der Waals surface area contributed by atoms with Crippen LogP contribution in [0.25, 0.3) is 0 Å². The Kier molecular flexibility index (Phi) is 4.60. The number of benzene rings is 2. The van der Waals surface area contributed by atoms with Gasteiger partial charge in [-0.1, -0.05) is 24.3 Å². The SMILES string of the molecule is COc1cc(C)c(C(NN)c2cccc(C)c2F)cc1C. The van der Waals surface area contributed by atoms with Gasteiger partial charge in [-0.15, -0.1) is 0 Å². The van der Waals surface area contributed by atoms with Gasteiger partial charge in [-0.3, -0.25) is 5.84 Å². The van der Waals surface area contributed by atoms with E-state index in [2.05, 4.69) is 5.43 Å². The maximum Gasteiger partial charge on any atom is 0.131 e. The molecule has 0 aliphatic heterocycles. The summed E-state index contributed by atoms with van der Waals surface area (Å²) < 4.78 is 19.7. The molecule has 2 aromatic carbocycles. The van der Waals surface area contributed by atoms with Gasteiger partial charge in [0.2, 0.25) is 0 Å². The van der Waals surface area contributed by atoms with Crippen molar-refractivity contribution in [1.29, 1.82) is 0 Å². The number of nitrogens with one attached hydrogen (secondary N) is 1. The van der Waals surface area contributed by atoms with Crippen molar-refractivity contribution in [3.05, 3.63) is 64.0 Å². The third-order valence-corrected chi connectivity index (χ3v) is 3.79. The van der Waals surface area contributed by atoms with Crippen LogP contribution in [0.15, 0.2) is 30.3 Å². The molecule has 0 heterocycles.